The maximum atomic E-state index is 13.8. The molecule has 1 saturated carbocycles. The summed E-state index contributed by atoms with van der Waals surface area (Å²) in [5, 5.41) is 2.80. The molecule has 11 heteroatoms. The Hall–Kier alpha value is -1.88. The highest BCUT2D eigenvalue weighted by Gasteiger charge is 2.56. The first-order valence-electron chi connectivity index (χ1n) is 11.7. The number of fused-ring (bicyclic) bond motifs is 1. The Kier molecular flexibility index (Phi) is 7.62. The van der Waals surface area contributed by atoms with Crippen LogP contribution in [0, 0.1) is 11.8 Å². The number of methoxy groups -OCH3 is 1. The highest BCUT2D eigenvalue weighted by molar-refractivity contribution is 7.88. The first-order valence-corrected chi connectivity index (χ1v) is 13.5. The van der Waals surface area contributed by atoms with Gasteiger partial charge in [0.1, 0.15) is 11.6 Å². The molecule has 188 valence electrons. The number of amides is 2. The van der Waals surface area contributed by atoms with Gasteiger partial charge in [-0.3, -0.25) is 9.59 Å². The van der Waals surface area contributed by atoms with E-state index in [0.29, 0.717) is 13.0 Å². The molecule has 0 aromatic heterocycles. The highest BCUT2D eigenvalue weighted by atomic mass is 32.2. The largest absolute Gasteiger partial charge is 0.469 e. The molecule has 10 nitrogen and oxygen atoms in total. The lowest BCUT2D eigenvalue weighted by Crippen LogP contribution is -2.56. The lowest BCUT2D eigenvalue weighted by molar-refractivity contribution is -0.148. The molecular weight excluding hydrogens is 450 g/mol. The maximum absolute atomic E-state index is 13.8. The van der Waals surface area contributed by atoms with Crippen molar-refractivity contribution in [2.45, 2.75) is 83.0 Å². The highest BCUT2D eigenvalue weighted by Crippen LogP contribution is 2.39. The normalized spacial score (nSPS) is 27.7. The van der Waals surface area contributed by atoms with E-state index in [1.54, 1.807) is 25.7 Å². The summed E-state index contributed by atoms with van der Waals surface area (Å²) in [5.41, 5.74) is -0.708. The van der Waals surface area contributed by atoms with Gasteiger partial charge in [0, 0.05) is 19.1 Å². The van der Waals surface area contributed by atoms with Gasteiger partial charge in [-0.2, -0.15) is 4.31 Å². The van der Waals surface area contributed by atoms with Crippen LogP contribution in [-0.4, -0.2) is 85.8 Å². The summed E-state index contributed by atoms with van der Waals surface area (Å²) < 4.78 is 36.4. The van der Waals surface area contributed by atoms with Crippen molar-refractivity contribution in [1.29, 1.82) is 0 Å². The number of carbonyl (C=O) groups is 3. The molecule has 2 saturated heterocycles. The number of hydrogen-bond acceptors (Lipinski definition) is 7. The fourth-order valence-electron chi connectivity index (χ4n) is 5.50. The lowest BCUT2D eigenvalue weighted by Gasteiger charge is -2.36. The van der Waals surface area contributed by atoms with E-state index in [1.807, 2.05) is 0 Å². The number of nitrogens with zero attached hydrogens (tertiary/aromatic N) is 2. The van der Waals surface area contributed by atoms with Gasteiger partial charge < -0.3 is 19.7 Å². The summed E-state index contributed by atoms with van der Waals surface area (Å²) in [6.07, 6.45) is 5.55. The summed E-state index contributed by atoms with van der Waals surface area (Å²) in [4.78, 5) is 40.6. The molecule has 1 aliphatic carbocycles. The third-order valence-corrected chi connectivity index (χ3v) is 8.12. The maximum Gasteiger partial charge on any atom is 0.408 e. The molecule has 2 amide bonds. The van der Waals surface area contributed by atoms with Crippen LogP contribution in [-0.2, 0) is 29.1 Å². The first kappa shape index (κ1) is 25.7. The quantitative estimate of drug-likeness (QED) is 0.583. The van der Waals surface area contributed by atoms with Crippen LogP contribution in [0.15, 0.2) is 0 Å². The van der Waals surface area contributed by atoms with E-state index < -0.39 is 51.7 Å². The van der Waals surface area contributed by atoms with E-state index in [1.165, 1.54) is 11.4 Å². The summed E-state index contributed by atoms with van der Waals surface area (Å²) >= 11 is 0. The van der Waals surface area contributed by atoms with Crippen LogP contribution >= 0.6 is 0 Å². The number of alkyl carbamates (subject to hydrolysis) is 1. The second kappa shape index (κ2) is 9.77. The third kappa shape index (κ3) is 5.79. The molecule has 0 unspecified atom stereocenters. The molecule has 0 spiro atoms. The van der Waals surface area contributed by atoms with E-state index in [9.17, 15) is 22.8 Å². The van der Waals surface area contributed by atoms with Gasteiger partial charge in [0.2, 0.25) is 15.9 Å². The molecule has 3 aliphatic rings. The minimum absolute atomic E-state index is 0.0157. The van der Waals surface area contributed by atoms with Crippen LogP contribution in [0.1, 0.15) is 59.3 Å². The zero-order valence-corrected chi connectivity index (χ0v) is 21.0. The summed E-state index contributed by atoms with van der Waals surface area (Å²) in [7, 11) is -2.30. The zero-order chi connectivity index (χ0) is 24.6. The van der Waals surface area contributed by atoms with Gasteiger partial charge in [0.05, 0.1) is 25.3 Å². The molecular formula is C22H37N3O7S. The van der Waals surface area contributed by atoms with Crippen molar-refractivity contribution < 1.29 is 32.3 Å². The third-order valence-electron chi connectivity index (χ3n) is 6.85. The molecule has 0 bridgehead atoms. The van der Waals surface area contributed by atoms with Gasteiger partial charge in [-0.1, -0.05) is 19.3 Å². The molecule has 2 aliphatic heterocycles. The number of likely N-dealkylation sites (tertiary alicyclic amines) is 1. The van der Waals surface area contributed by atoms with Crippen LogP contribution < -0.4 is 5.32 Å². The molecule has 0 aromatic carbocycles. The van der Waals surface area contributed by atoms with E-state index in [2.05, 4.69) is 5.32 Å². The summed E-state index contributed by atoms with van der Waals surface area (Å²) in [5.74, 6) is -1.63. The van der Waals surface area contributed by atoms with E-state index in [4.69, 9.17) is 9.47 Å². The number of sulfonamides is 1. The number of hydrogen-bond donors (Lipinski definition) is 1. The Labute approximate surface area is 196 Å². The van der Waals surface area contributed by atoms with Crippen molar-refractivity contribution in [2.75, 3.05) is 26.5 Å². The van der Waals surface area contributed by atoms with Crippen molar-refractivity contribution in [2.24, 2.45) is 11.8 Å². The fraction of sp³-hybridized carbons (Fsp3) is 0.864. The van der Waals surface area contributed by atoms with Crippen molar-refractivity contribution in [3.63, 3.8) is 0 Å². The predicted molar refractivity (Wildman–Crippen MR) is 121 cm³/mol. The number of nitrogens with one attached hydrogen (secondary N) is 1. The molecule has 2 heterocycles. The Morgan fingerprint density at radius 3 is 2.24 bits per heavy atom. The van der Waals surface area contributed by atoms with Gasteiger partial charge in [-0.05, 0) is 46.0 Å². The molecule has 0 aromatic rings. The zero-order valence-electron chi connectivity index (χ0n) is 20.2. The average molecular weight is 488 g/mol. The Morgan fingerprint density at radius 1 is 1.06 bits per heavy atom. The average Bonchev–Trinajstić information content (AvgIpc) is 3.30. The van der Waals surface area contributed by atoms with E-state index in [-0.39, 0.29) is 18.4 Å². The first-order chi connectivity index (χ1) is 15.3. The number of rotatable bonds is 5. The fourth-order valence-corrected chi connectivity index (χ4v) is 6.65. The van der Waals surface area contributed by atoms with Crippen molar-refractivity contribution in [3.05, 3.63) is 0 Å². The molecule has 1 N–H and O–H groups in total. The van der Waals surface area contributed by atoms with Gasteiger partial charge in [-0.15, -0.1) is 0 Å². The van der Waals surface area contributed by atoms with Gasteiger partial charge >= 0.3 is 12.1 Å². The van der Waals surface area contributed by atoms with Gasteiger partial charge in [0.15, 0.2) is 0 Å². The molecule has 4 atom stereocenters. The second-order valence-electron chi connectivity index (χ2n) is 10.4. The SMILES string of the molecule is COC(=O)[C@H]1CN(S(C)(=O)=O)[C@@H]2CCN(C(=O)[C@@H](NC(=O)OC(C)(C)C)C3CCCCC3)[C@H]12. The van der Waals surface area contributed by atoms with Crippen molar-refractivity contribution in [3.8, 4) is 0 Å². The molecule has 3 fully saturated rings. The van der Waals surface area contributed by atoms with Gasteiger partial charge in [-0.25, -0.2) is 13.2 Å². The molecule has 33 heavy (non-hydrogen) atoms. The monoisotopic (exact) mass is 487 g/mol. The Morgan fingerprint density at radius 2 is 1.70 bits per heavy atom. The van der Waals surface area contributed by atoms with Crippen molar-refractivity contribution in [1.82, 2.24) is 14.5 Å². The predicted octanol–water partition coefficient (Wildman–Crippen LogP) is 1.49. The smallest absolute Gasteiger partial charge is 0.408 e. The van der Waals surface area contributed by atoms with E-state index >= 15 is 0 Å². The van der Waals surface area contributed by atoms with Crippen LogP contribution in [0.25, 0.3) is 0 Å². The topological polar surface area (TPSA) is 122 Å². The molecule has 3 rings (SSSR count). The summed E-state index contributed by atoms with van der Waals surface area (Å²) in [6.45, 7) is 5.57. The lowest BCUT2D eigenvalue weighted by atomic mass is 9.83. The number of ether oxygens (including phenoxy) is 2. The van der Waals surface area contributed by atoms with Crippen LogP contribution in [0.4, 0.5) is 4.79 Å². The standard InChI is InChI=1S/C22H37N3O7S/c1-22(2,3)32-21(28)23-17(14-9-7-6-8-10-14)19(26)24-12-11-16-18(24)15(20(27)31-4)13-25(16)33(5,29)30/h14-18H,6-13H2,1-5H3,(H,23,28)/t15-,16+,17-,18+/m0/s1. The Bertz CT molecular complexity index is 864. The van der Waals surface area contributed by atoms with Gasteiger partial charge in [0.25, 0.3) is 0 Å². The number of esters is 1. The van der Waals surface area contributed by atoms with Crippen LogP contribution in [0.2, 0.25) is 0 Å². The summed E-state index contributed by atoms with van der Waals surface area (Å²) in [6, 6.07) is -1.89. The molecule has 0 radical (unpaired) electrons. The second-order valence-corrected chi connectivity index (χ2v) is 12.3. The van der Waals surface area contributed by atoms with Crippen LogP contribution in [0.3, 0.4) is 0 Å². The van der Waals surface area contributed by atoms with Crippen LogP contribution in [0.5, 0.6) is 0 Å². The minimum atomic E-state index is -3.56. The number of carbonyl (C=O) groups excluding carboxylic acids is 3. The van der Waals surface area contributed by atoms with E-state index in [0.717, 1.165) is 38.4 Å². The Balaban J connectivity index is 1.88. The minimum Gasteiger partial charge on any atom is -0.469 e. The van der Waals surface area contributed by atoms with Crippen molar-refractivity contribution >= 4 is 28.0 Å².